The van der Waals surface area contributed by atoms with E-state index in [2.05, 4.69) is 241 Å². The van der Waals surface area contributed by atoms with E-state index in [0.717, 1.165) is 29.4 Å². The van der Waals surface area contributed by atoms with Crippen molar-refractivity contribution in [2.24, 2.45) is 23.7 Å². The highest BCUT2D eigenvalue weighted by molar-refractivity contribution is 6.07. The Balaban J connectivity index is 0.989. The van der Waals surface area contributed by atoms with Gasteiger partial charge in [-0.05, 0) is 163 Å². The van der Waals surface area contributed by atoms with E-state index >= 15 is 0 Å². The molecule has 0 aliphatic heterocycles. The first-order chi connectivity index (χ1) is 35.7. The first-order valence-corrected chi connectivity index (χ1v) is 26.7. The van der Waals surface area contributed by atoms with Gasteiger partial charge in [-0.3, -0.25) is 0 Å². The van der Waals surface area contributed by atoms with Gasteiger partial charge in [0.25, 0.3) is 0 Å². The second-order valence-electron chi connectivity index (χ2n) is 21.5. The molecule has 0 amide bonds. The predicted octanol–water partition coefficient (Wildman–Crippen LogP) is 19.5. The van der Waals surface area contributed by atoms with Crippen molar-refractivity contribution in [3.63, 3.8) is 0 Å². The topological polar surface area (TPSA) is 3.24 Å². The Kier molecular flexibility index (Phi) is 10.7. The third-order valence-electron chi connectivity index (χ3n) is 17.7. The maximum Gasteiger partial charge on any atom is 0.0540 e. The van der Waals surface area contributed by atoms with Crippen LogP contribution in [0.25, 0.3) is 77.5 Å². The molecule has 1 spiro atoms. The molecular formula is C71H59N. The number of hydrogen-bond acceptors (Lipinski definition) is 1. The summed E-state index contributed by atoms with van der Waals surface area (Å²) in [5.41, 5.74) is 21.8. The van der Waals surface area contributed by atoms with Crippen LogP contribution in [0, 0.1) is 23.7 Å². The van der Waals surface area contributed by atoms with E-state index in [9.17, 15) is 0 Å². The fraction of sp³-hybridized carbons (Fsp3) is 0.183. The molecule has 3 saturated carbocycles. The Morgan fingerprint density at radius 3 is 1.65 bits per heavy atom. The molecule has 3 fully saturated rings. The van der Waals surface area contributed by atoms with E-state index in [4.69, 9.17) is 0 Å². The standard InChI is InChI=1S/C71H59N/c1-3-19-49(20-4-1)57-29-7-8-30-60(57)61-31-9-10-32-62(61)65-34-12-14-38-69(65)72(55-28-16-26-53(44-55)59-36-18-25-52-24-17-35-58(70(52)59)50-21-5-2-6-22-50)56-41-42-64-63-33-11-13-37-67(63)71(68(64)45-56)46-48-39-40-51-23-15-27-54(47-71)66(51)43-48/h1-14,16-22,24-26,28-38,41-42,44-45,48,51,54,66H,15,23,27,39-40,43,46-47H2. The van der Waals surface area contributed by atoms with Crippen molar-refractivity contribution in [1.29, 1.82) is 0 Å². The summed E-state index contributed by atoms with van der Waals surface area (Å²) in [6.45, 7) is 0. The Morgan fingerprint density at radius 1 is 0.347 bits per heavy atom. The van der Waals surface area contributed by atoms with Gasteiger partial charge < -0.3 is 4.90 Å². The van der Waals surface area contributed by atoms with Crippen LogP contribution in [0.3, 0.4) is 0 Å². The largest absolute Gasteiger partial charge is 0.310 e. The van der Waals surface area contributed by atoms with Crippen LogP contribution >= 0.6 is 0 Å². The molecule has 1 heteroatoms. The van der Waals surface area contributed by atoms with Gasteiger partial charge in [-0.25, -0.2) is 0 Å². The van der Waals surface area contributed by atoms with Crippen LogP contribution < -0.4 is 4.90 Å². The molecule has 0 heterocycles. The Morgan fingerprint density at radius 2 is 0.889 bits per heavy atom. The summed E-state index contributed by atoms with van der Waals surface area (Å²) in [6.07, 6.45) is 11.0. The summed E-state index contributed by atoms with van der Waals surface area (Å²) in [6, 6.07) is 89.0. The van der Waals surface area contributed by atoms with Gasteiger partial charge in [0.05, 0.1) is 5.69 Å². The Hall–Kier alpha value is -7.74. The van der Waals surface area contributed by atoms with Gasteiger partial charge in [-0.2, -0.15) is 0 Å². The molecule has 1 nitrogen and oxygen atoms in total. The first kappa shape index (κ1) is 43.1. The number of hydrogen-bond donors (Lipinski definition) is 0. The van der Waals surface area contributed by atoms with E-state index < -0.39 is 0 Å². The molecule has 10 aromatic carbocycles. The average molecular weight is 926 g/mol. The zero-order chi connectivity index (χ0) is 47.6. The fourth-order valence-corrected chi connectivity index (χ4v) is 14.8. The van der Waals surface area contributed by atoms with Crippen molar-refractivity contribution >= 4 is 27.8 Å². The van der Waals surface area contributed by atoms with E-state index in [1.165, 1.54) is 140 Å². The molecule has 348 valence electrons. The van der Waals surface area contributed by atoms with Crippen molar-refractivity contribution in [2.45, 2.75) is 56.8 Å². The van der Waals surface area contributed by atoms with E-state index in [1.807, 2.05) is 0 Å². The zero-order valence-corrected chi connectivity index (χ0v) is 40.9. The highest BCUT2D eigenvalue weighted by Gasteiger charge is 2.52. The number of anilines is 3. The van der Waals surface area contributed by atoms with Crippen molar-refractivity contribution in [2.75, 3.05) is 4.90 Å². The summed E-state index contributed by atoms with van der Waals surface area (Å²) in [5.74, 6) is 3.35. The van der Waals surface area contributed by atoms with Crippen LogP contribution in [0.1, 0.15) is 62.5 Å². The molecule has 0 N–H and O–H groups in total. The lowest BCUT2D eigenvalue weighted by atomic mass is 9.63. The molecule has 72 heavy (non-hydrogen) atoms. The minimum absolute atomic E-state index is 0.00414. The van der Waals surface area contributed by atoms with Gasteiger partial charge in [0.1, 0.15) is 0 Å². The van der Waals surface area contributed by atoms with Gasteiger partial charge in [0, 0.05) is 22.4 Å². The van der Waals surface area contributed by atoms with E-state index in [-0.39, 0.29) is 5.41 Å². The monoisotopic (exact) mass is 925 g/mol. The number of rotatable bonds is 8. The molecule has 10 aromatic rings. The smallest absolute Gasteiger partial charge is 0.0540 e. The normalized spacial score (nSPS) is 20.7. The molecule has 14 rings (SSSR count). The molecule has 5 unspecified atom stereocenters. The Labute approximate surface area is 425 Å². The molecule has 0 saturated heterocycles. The van der Waals surface area contributed by atoms with Gasteiger partial charge in [-0.15, -0.1) is 0 Å². The quantitative estimate of drug-likeness (QED) is 0.147. The third kappa shape index (κ3) is 7.19. The van der Waals surface area contributed by atoms with Gasteiger partial charge in [0.2, 0.25) is 0 Å². The van der Waals surface area contributed by atoms with Crippen LogP contribution in [-0.2, 0) is 5.41 Å². The SMILES string of the molecule is c1ccc(-c2ccccc2-c2ccccc2-c2ccccc2N(c2cccc(-c3cccc4cccc(-c5ccccc5)c34)c2)c2ccc3c(c2)C2(CC4CCC5CCCC(C2)C5C4)c2ccccc2-3)cc1. The lowest BCUT2D eigenvalue weighted by Gasteiger charge is -2.42. The third-order valence-corrected chi connectivity index (χ3v) is 17.7. The molecule has 4 aliphatic rings. The first-order valence-electron chi connectivity index (χ1n) is 26.7. The maximum absolute atomic E-state index is 2.66. The maximum atomic E-state index is 2.66. The minimum atomic E-state index is -0.00414. The lowest BCUT2D eigenvalue weighted by Crippen LogP contribution is -2.33. The zero-order valence-electron chi connectivity index (χ0n) is 40.9. The van der Waals surface area contributed by atoms with Gasteiger partial charge in [0.15, 0.2) is 0 Å². The van der Waals surface area contributed by atoms with Crippen LogP contribution in [0.15, 0.2) is 237 Å². The average Bonchev–Trinajstić information content (AvgIpc) is 3.60. The lowest BCUT2D eigenvalue weighted by molar-refractivity contribution is 0.0862. The summed E-state index contributed by atoms with van der Waals surface area (Å²) >= 11 is 0. The summed E-state index contributed by atoms with van der Waals surface area (Å²) in [7, 11) is 0. The molecule has 4 aliphatic carbocycles. The second-order valence-corrected chi connectivity index (χ2v) is 21.5. The van der Waals surface area contributed by atoms with Gasteiger partial charge >= 0.3 is 0 Å². The second kappa shape index (κ2) is 17.8. The van der Waals surface area contributed by atoms with Crippen LogP contribution in [0.2, 0.25) is 0 Å². The van der Waals surface area contributed by atoms with Crippen molar-refractivity contribution in [1.82, 2.24) is 0 Å². The van der Waals surface area contributed by atoms with Crippen molar-refractivity contribution in [3.05, 3.63) is 248 Å². The predicted molar refractivity (Wildman–Crippen MR) is 303 cm³/mol. The Bertz CT molecular complexity index is 3640. The molecule has 0 aromatic heterocycles. The molecule has 5 atom stereocenters. The molecular weight excluding hydrogens is 867 g/mol. The van der Waals surface area contributed by atoms with E-state index in [1.54, 1.807) is 11.1 Å². The summed E-state index contributed by atoms with van der Waals surface area (Å²) < 4.78 is 0. The molecule has 0 radical (unpaired) electrons. The van der Waals surface area contributed by atoms with Crippen LogP contribution in [0.5, 0.6) is 0 Å². The number of nitrogens with zero attached hydrogens (tertiary/aromatic N) is 1. The van der Waals surface area contributed by atoms with E-state index in [0.29, 0.717) is 0 Å². The highest BCUT2D eigenvalue weighted by atomic mass is 15.1. The van der Waals surface area contributed by atoms with Crippen molar-refractivity contribution in [3.8, 4) is 66.8 Å². The summed E-state index contributed by atoms with van der Waals surface area (Å²) in [4.78, 5) is 2.60. The molecule has 2 bridgehead atoms. The van der Waals surface area contributed by atoms with Gasteiger partial charge in [-0.1, -0.05) is 232 Å². The number of benzene rings is 10. The minimum Gasteiger partial charge on any atom is -0.310 e. The summed E-state index contributed by atoms with van der Waals surface area (Å²) in [5, 5.41) is 2.52. The number of fused-ring (bicyclic) bond motifs is 7. The fourth-order valence-electron chi connectivity index (χ4n) is 14.8. The highest BCUT2D eigenvalue weighted by Crippen LogP contribution is 2.63. The number of para-hydroxylation sites is 1. The van der Waals surface area contributed by atoms with Crippen molar-refractivity contribution < 1.29 is 0 Å². The van der Waals surface area contributed by atoms with Crippen LogP contribution in [-0.4, -0.2) is 0 Å². The van der Waals surface area contributed by atoms with Crippen LogP contribution in [0.4, 0.5) is 17.1 Å².